The molecule has 0 bridgehead atoms. The van der Waals surface area contributed by atoms with Crippen LogP contribution < -0.4 is 5.32 Å². The molecule has 2 aromatic rings. The molecule has 0 radical (unpaired) electrons. The predicted octanol–water partition coefficient (Wildman–Crippen LogP) is 1.96. The number of hydrogen-bond acceptors (Lipinski definition) is 4. The second-order valence-corrected chi connectivity index (χ2v) is 4.11. The number of anilines is 1. The molecular formula is C14H18N2O2. The third kappa shape index (κ3) is 3.18. The van der Waals surface area contributed by atoms with Crippen molar-refractivity contribution in [2.45, 2.75) is 6.92 Å². The van der Waals surface area contributed by atoms with Crippen LogP contribution in [0.2, 0.25) is 0 Å². The Morgan fingerprint density at radius 3 is 2.94 bits per heavy atom. The van der Waals surface area contributed by atoms with E-state index in [1.54, 1.807) is 0 Å². The number of para-hydroxylation sites is 1. The van der Waals surface area contributed by atoms with Gasteiger partial charge in [-0.05, 0) is 24.6 Å². The van der Waals surface area contributed by atoms with Crippen LogP contribution in [0, 0.1) is 6.92 Å². The van der Waals surface area contributed by atoms with Crippen LogP contribution in [0.5, 0.6) is 0 Å². The molecule has 4 nitrogen and oxygen atoms in total. The highest BCUT2D eigenvalue weighted by Gasteiger charge is 2.02. The number of benzene rings is 1. The van der Waals surface area contributed by atoms with E-state index in [2.05, 4.69) is 22.4 Å². The number of aliphatic hydroxyl groups excluding tert-OH is 1. The van der Waals surface area contributed by atoms with Crippen LogP contribution >= 0.6 is 0 Å². The summed E-state index contributed by atoms with van der Waals surface area (Å²) in [6, 6.07) is 10.2. The van der Waals surface area contributed by atoms with Crippen LogP contribution in [0.3, 0.4) is 0 Å². The van der Waals surface area contributed by atoms with Crippen LogP contribution in [0.25, 0.3) is 10.9 Å². The molecule has 1 aromatic carbocycles. The van der Waals surface area contributed by atoms with Crippen molar-refractivity contribution < 1.29 is 9.84 Å². The van der Waals surface area contributed by atoms with Gasteiger partial charge in [0, 0.05) is 11.9 Å². The molecule has 4 heteroatoms. The number of nitrogens with zero attached hydrogens (tertiary/aromatic N) is 1. The van der Waals surface area contributed by atoms with E-state index in [0.717, 1.165) is 22.3 Å². The normalized spacial score (nSPS) is 10.8. The molecule has 0 amide bonds. The van der Waals surface area contributed by atoms with Gasteiger partial charge in [-0.2, -0.15) is 0 Å². The second kappa shape index (κ2) is 6.33. The Bertz CT molecular complexity index is 514. The number of pyridine rings is 1. The smallest absolute Gasteiger partial charge is 0.129 e. The lowest BCUT2D eigenvalue weighted by atomic mass is 10.1. The quantitative estimate of drug-likeness (QED) is 0.765. The summed E-state index contributed by atoms with van der Waals surface area (Å²) in [5.41, 5.74) is 2.11. The van der Waals surface area contributed by atoms with Gasteiger partial charge in [-0.3, -0.25) is 0 Å². The number of aromatic nitrogens is 1. The van der Waals surface area contributed by atoms with Crippen LogP contribution in [0.1, 0.15) is 5.56 Å². The van der Waals surface area contributed by atoms with Crippen molar-refractivity contribution in [2.75, 3.05) is 31.7 Å². The molecule has 2 N–H and O–H groups in total. The fraction of sp³-hybridized carbons (Fsp3) is 0.357. The highest BCUT2D eigenvalue weighted by Crippen LogP contribution is 2.19. The van der Waals surface area contributed by atoms with Crippen molar-refractivity contribution in [1.82, 2.24) is 4.98 Å². The van der Waals surface area contributed by atoms with E-state index in [1.165, 1.54) is 0 Å². The summed E-state index contributed by atoms with van der Waals surface area (Å²) in [6.07, 6.45) is 0. The number of aryl methyl sites for hydroxylation is 1. The van der Waals surface area contributed by atoms with Crippen molar-refractivity contribution >= 4 is 16.7 Å². The lowest BCUT2D eigenvalue weighted by Crippen LogP contribution is -2.12. The van der Waals surface area contributed by atoms with E-state index in [9.17, 15) is 0 Å². The molecule has 96 valence electrons. The topological polar surface area (TPSA) is 54.4 Å². The molecule has 1 heterocycles. The van der Waals surface area contributed by atoms with Crippen molar-refractivity contribution in [3.05, 3.63) is 35.9 Å². The molecule has 0 spiro atoms. The van der Waals surface area contributed by atoms with E-state index < -0.39 is 0 Å². The summed E-state index contributed by atoms with van der Waals surface area (Å²) in [4.78, 5) is 4.58. The minimum Gasteiger partial charge on any atom is -0.394 e. The van der Waals surface area contributed by atoms with Gasteiger partial charge in [-0.25, -0.2) is 4.98 Å². The summed E-state index contributed by atoms with van der Waals surface area (Å²) in [5.74, 6) is 0.890. The first-order valence-electron chi connectivity index (χ1n) is 6.10. The van der Waals surface area contributed by atoms with E-state index in [0.29, 0.717) is 19.8 Å². The highest BCUT2D eigenvalue weighted by atomic mass is 16.5. The highest BCUT2D eigenvalue weighted by molar-refractivity contribution is 5.81. The van der Waals surface area contributed by atoms with Gasteiger partial charge in [0.1, 0.15) is 5.82 Å². The number of rotatable bonds is 6. The molecule has 0 aliphatic heterocycles. The fourth-order valence-corrected chi connectivity index (χ4v) is 1.81. The largest absolute Gasteiger partial charge is 0.394 e. The zero-order valence-corrected chi connectivity index (χ0v) is 10.5. The van der Waals surface area contributed by atoms with Gasteiger partial charge in [-0.1, -0.05) is 18.2 Å². The van der Waals surface area contributed by atoms with Crippen LogP contribution in [0.15, 0.2) is 30.3 Å². The van der Waals surface area contributed by atoms with Gasteiger partial charge >= 0.3 is 0 Å². The molecule has 0 saturated heterocycles. The average Bonchev–Trinajstić information content (AvgIpc) is 2.39. The van der Waals surface area contributed by atoms with Crippen molar-refractivity contribution in [3.8, 4) is 0 Å². The second-order valence-electron chi connectivity index (χ2n) is 4.11. The van der Waals surface area contributed by atoms with Crippen molar-refractivity contribution in [3.63, 3.8) is 0 Å². The number of aliphatic hydroxyl groups is 1. The first-order valence-corrected chi connectivity index (χ1v) is 6.10. The molecule has 0 aliphatic carbocycles. The van der Waals surface area contributed by atoms with Crippen LogP contribution in [0.4, 0.5) is 5.82 Å². The Hall–Kier alpha value is -1.65. The summed E-state index contributed by atoms with van der Waals surface area (Å²) in [6.45, 7) is 3.73. The summed E-state index contributed by atoms with van der Waals surface area (Å²) >= 11 is 0. The van der Waals surface area contributed by atoms with E-state index in [1.807, 2.05) is 25.1 Å². The maximum absolute atomic E-state index is 8.59. The average molecular weight is 246 g/mol. The molecule has 0 saturated carbocycles. The third-order valence-corrected chi connectivity index (χ3v) is 2.69. The van der Waals surface area contributed by atoms with E-state index in [-0.39, 0.29) is 6.61 Å². The zero-order valence-electron chi connectivity index (χ0n) is 10.5. The Balaban J connectivity index is 2.01. The lowest BCUT2D eigenvalue weighted by Gasteiger charge is -2.10. The molecule has 0 fully saturated rings. The molecule has 0 aliphatic rings. The molecule has 18 heavy (non-hydrogen) atoms. The number of fused-ring (bicyclic) bond motifs is 1. The minimum absolute atomic E-state index is 0.0628. The van der Waals surface area contributed by atoms with Gasteiger partial charge in [-0.15, -0.1) is 0 Å². The first-order chi connectivity index (χ1) is 8.81. The molecule has 0 unspecified atom stereocenters. The minimum atomic E-state index is 0.0628. The Morgan fingerprint density at radius 1 is 1.28 bits per heavy atom. The van der Waals surface area contributed by atoms with Gasteiger partial charge in [0.2, 0.25) is 0 Å². The Morgan fingerprint density at radius 2 is 2.11 bits per heavy atom. The zero-order chi connectivity index (χ0) is 12.8. The molecular weight excluding hydrogens is 228 g/mol. The van der Waals surface area contributed by atoms with Crippen LogP contribution in [-0.2, 0) is 4.74 Å². The van der Waals surface area contributed by atoms with Crippen molar-refractivity contribution in [1.29, 1.82) is 0 Å². The maximum atomic E-state index is 8.59. The maximum Gasteiger partial charge on any atom is 0.129 e. The van der Waals surface area contributed by atoms with Gasteiger partial charge in [0.05, 0.1) is 25.3 Å². The van der Waals surface area contributed by atoms with Crippen LogP contribution in [-0.4, -0.2) is 36.5 Å². The van der Waals surface area contributed by atoms with Gasteiger partial charge in [0.15, 0.2) is 0 Å². The monoisotopic (exact) mass is 246 g/mol. The predicted molar refractivity (Wildman–Crippen MR) is 72.9 cm³/mol. The standard InChI is InChI=1S/C14H18N2O2/c1-11-10-12-4-2-3-5-13(12)16-14(11)15-6-8-18-9-7-17/h2-5,10,17H,6-9H2,1H3,(H,15,16). The number of hydrogen-bond donors (Lipinski definition) is 2. The van der Waals surface area contributed by atoms with Gasteiger partial charge in [0.25, 0.3) is 0 Å². The fourth-order valence-electron chi connectivity index (χ4n) is 1.81. The third-order valence-electron chi connectivity index (χ3n) is 2.69. The molecule has 0 atom stereocenters. The molecule has 1 aromatic heterocycles. The summed E-state index contributed by atoms with van der Waals surface area (Å²) < 4.78 is 5.19. The van der Waals surface area contributed by atoms with E-state index >= 15 is 0 Å². The summed E-state index contributed by atoms with van der Waals surface area (Å²) in [5, 5.41) is 13.0. The SMILES string of the molecule is Cc1cc2ccccc2nc1NCCOCCO. The molecule has 2 rings (SSSR count). The van der Waals surface area contributed by atoms with Gasteiger partial charge < -0.3 is 15.2 Å². The first kappa shape index (κ1) is 12.8. The number of ether oxygens (including phenoxy) is 1. The number of nitrogens with one attached hydrogen (secondary N) is 1. The Kier molecular flexibility index (Phi) is 4.50. The lowest BCUT2D eigenvalue weighted by molar-refractivity contribution is 0.0992. The summed E-state index contributed by atoms with van der Waals surface area (Å²) in [7, 11) is 0. The van der Waals surface area contributed by atoms with Crippen molar-refractivity contribution in [2.24, 2.45) is 0 Å². The van der Waals surface area contributed by atoms with E-state index in [4.69, 9.17) is 9.84 Å². The Labute approximate surface area is 107 Å².